The van der Waals surface area contributed by atoms with Gasteiger partial charge in [-0.25, -0.2) is 13.6 Å². The van der Waals surface area contributed by atoms with Gasteiger partial charge in [-0.05, 0) is 41.8 Å². The lowest BCUT2D eigenvalue weighted by atomic mass is 9.98. The number of halogens is 2. The summed E-state index contributed by atoms with van der Waals surface area (Å²) in [6.07, 6.45) is 1.44. The molecule has 2 aromatic carbocycles. The lowest BCUT2D eigenvalue weighted by molar-refractivity contribution is -0.122. The largest absolute Gasteiger partial charge is 0.347 e. The highest BCUT2D eigenvalue weighted by molar-refractivity contribution is 5.76. The van der Waals surface area contributed by atoms with Gasteiger partial charge in [-0.15, -0.1) is 0 Å². The molecular formula is C20H17F2N3O3. The van der Waals surface area contributed by atoms with Gasteiger partial charge in [-0.2, -0.15) is 0 Å². The molecule has 0 aliphatic heterocycles. The highest BCUT2D eigenvalue weighted by Crippen LogP contribution is 2.20. The Morgan fingerprint density at radius 1 is 1.04 bits per heavy atom. The van der Waals surface area contributed by atoms with Crippen LogP contribution in [0.1, 0.15) is 17.2 Å². The lowest BCUT2D eigenvalue weighted by Crippen LogP contribution is -2.37. The van der Waals surface area contributed by atoms with Gasteiger partial charge in [-0.3, -0.25) is 19.1 Å². The number of nitrogens with zero attached hydrogens (tertiary/aromatic N) is 1. The smallest absolute Gasteiger partial charge is 0.328 e. The molecule has 1 amide bonds. The second kappa shape index (κ2) is 8.43. The average molecular weight is 385 g/mol. The fourth-order valence-corrected chi connectivity index (χ4v) is 2.84. The van der Waals surface area contributed by atoms with Gasteiger partial charge in [0.1, 0.15) is 18.2 Å². The number of hydrogen-bond donors (Lipinski definition) is 2. The maximum absolute atomic E-state index is 13.7. The fraction of sp³-hybridized carbons (Fsp3) is 0.150. The molecule has 6 nitrogen and oxygen atoms in total. The fourth-order valence-electron chi connectivity index (χ4n) is 2.84. The quantitative estimate of drug-likeness (QED) is 0.680. The number of hydrogen-bond acceptors (Lipinski definition) is 3. The van der Waals surface area contributed by atoms with Crippen molar-refractivity contribution in [2.45, 2.75) is 19.0 Å². The van der Waals surface area contributed by atoms with Crippen molar-refractivity contribution in [2.24, 2.45) is 0 Å². The van der Waals surface area contributed by atoms with Crippen molar-refractivity contribution in [1.82, 2.24) is 14.9 Å². The van der Waals surface area contributed by atoms with Gasteiger partial charge >= 0.3 is 5.69 Å². The molecular weight excluding hydrogens is 368 g/mol. The molecule has 0 aliphatic rings. The Bertz CT molecular complexity index is 1110. The van der Waals surface area contributed by atoms with Gasteiger partial charge in [0.15, 0.2) is 0 Å². The van der Waals surface area contributed by atoms with E-state index in [0.717, 1.165) is 10.6 Å². The standard InChI is InChI=1S/C20H17F2N3O3/c21-15-5-1-3-13(9-15)10-17(14-4-2-6-16(22)11-14)23-19(27)12-25-8-7-18(26)24-20(25)28/h1-9,11,17H,10,12H2,(H,23,27)(H,24,26,28). The van der Waals surface area contributed by atoms with Crippen LogP contribution in [-0.4, -0.2) is 15.5 Å². The zero-order valence-electron chi connectivity index (χ0n) is 14.7. The molecule has 8 heteroatoms. The minimum Gasteiger partial charge on any atom is -0.347 e. The van der Waals surface area contributed by atoms with Gasteiger partial charge in [0.05, 0.1) is 6.04 Å². The number of amides is 1. The first-order valence-electron chi connectivity index (χ1n) is 8.50. The van der Waals surface area contributed by atoms with E-state index < -0.39 is 34.8 Å². The summed E-state index contributed by atoms with van der Waals surface area (Å²) in [6.45, 7) is -0.329. The predicted molar refractivity (Wildman–Crippen MR) is 98.7 cm³/mol. The molecule has 3 aromatic rings. The Balaban J connectivity index is 1.82. The number of aromatic nitrogens is 2. The summed E-state index contributed by atoms with van der Waals surface area (Å²) in [4.78, 5) is 37.4. The van der Waals surface area contributed by atoms with Crippen LogP contribution in [0.5, 0.6) is 0 Å². The molecule has 1 unspecified atom stereocenters. The zero-order chi connectivity index (χ0) is 20.1. The summed E-state index contributed by atoms with van der Waals surface area (Å²) in [5.41, 5.74) is -0.150. The highest BCUT2D eigenvalue weighted by atomic mass is 19.1. The first-order valence-corrected chi connectivity index (χ1v) is 8.50. The number of rotatable bonds is 6. The molecule has 144 valence electrons. The van der Waals surface area contributed by atoms with Crippen LogP contribution in [0.25, 0.3) is 0 Å². The Kier molecular flexibility index (Phi) is 5.78. The maximum atomic E-state index is 13.7. The van der Waals surface area contributed by atoms with Gasteiger partial charge < -0.3 is 5.32 Å². The third-order valence-corrected chi connectivity index (χ3v) is 4.13. The van der Waals surface area contributed by atoms with Crippen molar-refractivity contribution in [3.05, 3.63) is 104 Å². The molecule has 2 N–H and O–H groups in total. The van der Waals surface area contributed by atoms with Crippen molar-refractivity contribution in [3.8, 4) is 0 Å². The van der Waals surface area contributed by atoms with Gasteiger partial charge in [0, 0.05) is 12.3 Å². The first-order chi connectivity index (χ1) is 13.4. The lowest BCUT2D eigenvalue weighted by Gasteiger charge is -2.20. The number of benzene rings is 2. The first kappa shape index (κ1) is 19.2. The van der Waals surface area contributed by atoms with Crippen molar-refractivity contribution in [3.63, 3.8) is 0 Å². The molecule has 28 heavy (non-hydrogen) atoms. The molecule has 0 fully saturated rings. The number of carbonyl (C=O) groups excluding carboxylic acids is 1. The topological polar surface area (TPSA) is 84.0 Å². The average Bonchev–Trinajstić information content (AvgIpc) is 2.63. The summed E-state index contributed by atoms with van der Waals surface area (Å²) in [6, 6.07) is 12.1. The summed E-state index contributed by atoms with van der Waals surface area (Å²) < 4.78 is 28.2. The molecule has 3 rings (SSSR count). The molecule has 0 saturated carbocycles. The van der Waals surface area contributed by atoms with E-state index in [0.29, 0.717) is 11.1 Å². The highest BCUT2D eigenvalue weighted by Gasteiger charge is 2.17. The zero-order valence-corrected chi connectivity index (χ0v) is 14.7. The van der Waals surface area contributed by atoms with Crippen LogP contribution in [0.2, 0.25) is 0 Å². The van der Waals surface area contributed by atoms with Crippen LogP contribution in [0.3, 0.4) is 0 Å². The van der Waals surface area contributed by atoms with Crippen LogP contribution in [0.4, 0.5) is 8.78 Å². The summed E-state index contributed by atoms with van der Waals surface area (Å²) in [7, 11) is 0. The Labute approximate surface area is 158 Å². The van der Waals surface area contributed by atoms with Crippen molar-refractivity contribution >= 4 is 5.91 Å². The molecule has 1 heterocycles. The molecule has 0 saturated heterocycles. The van der Waals surface area contributed by atoms with Gasteiger partial charge in [0.2, 0.25) is 5.91 Å². The van der Waals surface area contributed by atoms with Crippen molar-refractivity contribution < 1.29 is 13.6 Å². The summed E-state index contributed by atoms with van der Waals surface area (Å²) in [5.74, 6) is -1.39. The SMILES string of the molecule is O=C(Cn1ccc(=O)[nH]c1=O)NC(Cc1cccc(F)c1)c1cccc(F)c1. The second-order valence-corrected chi connectivity index (χ2v) is 6.25. The Morgan fingerprint density at radius 3 is 2.43 bits per heavy atom. The third-order valence-electron chi connectivity index (χ3n) is 4.13. The molecule has 0 aliphatic carbocycles. The number of aromatic amines is 1. The maximum Gasteiger partial charge on any atom is 0.328 e. The minimum atomic E-state index is -0.713. The minimum absolute atomic E-state index is 0.230. The summed E-state index contributed by atoms with van der Waals surface area (Å²) in [5, 5.41) is 2.74. The van der Waals surface area contributed by atoms with Crippen LogP contribution < -0.4 is 16.6 Å². The van der Waals surface area contributed by atoms with E-state index in [1.165, 1.54) is 36.5 Å². The predicted octanol–water partition coefficient (Wildman–Crippen LogP) is 1.91. The van der Waals surface area contributed by atoms with E-state index in [9.17, 15) is 23.2 Å². The molecule has 1 aromatic heterocycles. The van der Waals surface area contributed by atoms with Crippen molar-refractivity contribution in [2.75, 3.05) is 0 Å². The normalized spacial score (nSPS) is 11.8. The van der Waals surface area contributed by atoms with Crippen molar-refractivity contribution in [1.29, 1.82) is 0 Å². The Morgan fingerprint density at radius 2 is 1.75 bits per heavy atom. The molecule has 1 atom stereocenters. The summed E-state index contributed by atoms with van der Waals surface area (Å²) >= 11 is 0. The molecule has 0 spiro atoms. The number of H-pyrrole nitrogens is 1. The number of nitrogens with one attached hydrogen (secondary N) is 2. The van der Waals surface area contributed by atoms with E-state index in [2.05, 4.69) is 10.3 Å². The van der Waals surface area contributed by atoms with Crippen LogP contribution in [0.15, 0.2) is 70.4 Å². The van der Waals surface area contributed by atoms with E-state index >= 15 is 0 Å². The van der Waals surface area contributed by atoms with Crippen LogP contribution in [-0.2, 0) is 17.8 Å². The van der Waals surface area contributed by atoms with Crippen LogP contribution >= 0.6 is 0 Å². The van der Waals surface area contributed by atoms with E-state index in [-0.39, 0.29) is 13.0 Å². The van der Waals surface area contributed by atoms with E-state index in [4.69, 9.17) is 0 Å². The molecule has 0 bridgehead atoms. The van der Waals surface area contributed by atoms with Gasteiger partial charge in [0.25, 0.3) is 5.56 Å². The van der Waals surface area contributed by atoms with E-state index in [1.807, 2.05) is 0 Å². The van der Waals surface area contributed by atoms with E-state index in [1.54, 1.807) is 18.2 Å². The van der Waals surface area contributed by atoms with Crippen LogP contribution in [0, 0.1) is 11.6 Å². The third kappa shape index (κ3) is 5.00. The number of carbonyl (C=O) groups is 1. The monoisotopic (exact) mass is 385 g/mol. The molecule has 0 radical (unpaired) electrons. The Hall–Kier alpha value is -3.55. The second-order valence-electron chi connectivity index (χ2n) is 6.25. The van der Waals surface area contributed by atoms with Gasteiger partial charge in [-0.1, -0.05) is 24.3 Å².